The van der Waals surface area contributed by atoms with Crippen LogP contribution >= 0.6 is 0 Å². The van der Waals surface area contributed by atoms with E-state index in [1.54, 1.807) is 6.33 Å². The zero-order valence-electron chi connectivity index (χ0n) is 5.24. The maximum atomic E-state index is 5.07. The molecule has 0 saturated carbocycles. The summed E-state index contributed by atoms with van der Waals surface area (Å²) >= 11 is 0. The summed E-state index contributed by atoms with van der Waals surface area (Å²) in [5.41, 5.74) is 1.18. The van der Waals surface area contributed by atoms with Crippen LogP contribution in [-0.4, -0.2) is 16.2 Å². The standard InChI is InChI=1S/C6H8N2O/c1-8-4-7-2-5(8)6-3-9-6/h2,4,6H,3H2,1H3/t6-/m1/s1. The fourth-order valence-electron chi connectivity index (χ4n) is 0.897. The fraction of sp³-hybridized carbons (Fsp3) is 0.500. The number of aryl methyl sites for hydroxylation is 1. The summed E-state index contributed by atoms with van der Waals surface area (Å²) < 4.78 is 7.06. The molecule has 3 nitrogen and oxygen atoms in total. The van der Waals surface area contributed by atoms with Gasteiger partial charge in [-0.05, 0) is 0 Å². The molecular formula is C6H8N2O. The number of imidazole rings is 1. The van der Waals surface area contributed by atoms with Crippen molar-refractivity contribution < 1.29 is 4.74 Å². The number of hydrogen-bond donors (Lipinski definition) is 0. The summed E-state index contributed by atoms with van der Waals surface area (Å²) in [6, 6.07) is 0. The Labute approximate surface area is 53.3 Å². The minimum atomic E-state index is 0.331. The normalized spacial score (nSPS) is 24.3. The van der Waals surface area contributed by atoms with E-state index in [1.165, 1.54) is 5.69 Å². The molecule has 0 spiro atoms. The molecule has 1 aliphatic rings. The van der Waals surface area contributed by atoms with Gasteiger partial charge in [0.1, 0.15) is 6.10 Å². The number of nitrogens with zero attached hydrogens (tertiary/aromatic N) is 2. The lowest BCUT2D eigenvalue weighted by Gasteiger charge is -1.92. The zero-order valence-corrected chi connectivity index (χ0v) is 5.24. The maximum Gasteiger partial charge on any atom is 0.122 e. The van der Waals surface area contributed by atoms with E-state index in [9.17, 15) is 0 Å². The average molecular weight is 124 g/mol. The molecule has 0 unspecified atom stereocenters. The van der Waals surface area contributed by atoms with Crippen LogP contribution in [0.3, 0.4) is 0 Å². The lowest BCUT2D eigenvalue weighted by atomic mass is 10.4. The monoisotopic (exact) mass is 124 g/mol. The van der Waals surface area contributed by atoms with Crippen LogP contribution in [-0.2, 0) is 11.8 Å². The van der Waals surface area contributed by atoms with Crippen molar-refractivity contribution in [3.05, 3.63) is 18.2 Å². The van der Waals surface area contributed by atoms with Crippen molar-refractivity contribution in [1.82, 2.24) is 9.55 Å². The van der Waals surface area contributed by atoms with Crippen LogP contribution < -0.4 is 0 Å². The lowest BCUT2D eigenvalue weighted by Crippen LogP contribution is -1.91. The molecule has 0 N–H and O–H groups in total. The predicted molar refractivity (Wildman–Crippen MR) is 31.9 cm³/mol. The first-order valence-corrected chi connectivity index (χ1v) is 2.96. The minimum Gasteiger partial charge on any atom is -0.366 e. The highest BCUT2D eigenvalue weighted by Gasteiger charge is 2.26. The predicted octanol–water partition coefficient (Wildman–Crippen LogP) is 0.491. The Kier molecular flexibility index (Phi) is 0.873. The first kappa shape index (κ1) is 4.99. The van der Waals surface area contributed by atoms with Crippen molar-refractivity contribution >= 4 is 0 Å². The van der Waals surface area contributed by atoms with Crippen molar-refractivity contribution in [2.75, 3.05) is 6.61 Å². The zero-order chi connectivity index (χ0) is 6.27. The van der Waals surface area contributed by atoms with Crippen LogP contribution in [0.15, 0.2) is 12.5 Å². The SMILES string of the molecule is Cn1cncc1[C@H]1CO1. The Balaban J connectivity index is 2.35. The highest BCUT2D eigenvalue weighted by Crippen LogP contribution is 2.28. The van der Waals surface area contributed by atoms with E-state index in [0.717, 1.165) is 6.61 Å². The molecule has 2 heterocycles. The highest BCUT2D eigenvalue weighted by molar-refractivity contribution is 5.06. The summed E-state index contributed by atoms with van der Waals surface area (Å²) in [7, 11) is 1.98. The van der Waals surface area contributed by atoms with E-state index < -0.39 is 0 Å². The summed E-state index contributed by atoms with van der Waals surface area (Å²) in [5.74, 6) is 0. The van der Waals surface area contributed by atoms with Gasteiger partial charge in [-0.25, -0.2) is 4.98 Å². The molecule has 0 bridgehead atoms. The van der Waals surface area contributed by atoms with Gasteiger partial charge in [0.25, 0.3) is 0 Å². The Morgan fingerprint density at radius 3 is 3.11 bits per heavy atom. The molecule has 48 valence electrons. The first-order chi connectivity index (χ1) is 4.38. The summed E-state index contributed by atoms with van der Waals surface area (Å²) in [4.78, 5) is 3.97. The smallest absolute Gasteiger partial charge is 0.122 e. The van der Waals surface area contributed by atoms with Crippen LogP contribution in [0, 0.1) is 0 Å². The topological polar surface area (TPSA) is 30.4 Å². The van der Waals surface area contributed by atoms with Crippen molar-refractivity contribution in [3.63, 3.8) is 0 Å². The number of epoxide rings is 1. The highest BCUT2D eigenvalue weighted by atomic mass is 16.6. The van der Waals surface area contributed by atoms with Crippen LogP contribution in [0.5, 0.6) is 0 Å². The van der Waals surface area contributed by atoms with E-state index >= 15 is 0 Å². The van der Waals surface area contributed by atoms with Gasteiger partial charge in [0.2, 0.25) is 0 Å². The van der Waals surface area contributed by atoms with Crippen molar-refractivity contribution in [1.29, 1.82) is 0 Å². The lowest BCUT2D eigenvalue weighted by molar-refractivity contribution is 0.407. The van der Waals surface area contributed by atoms with Gasteiger partial charge in [0, 0.05) is 7.05 Å². The van der Waals surface area contributed by atoms with Gasteiger partial charge >= 0.3 is 0 Å². The molecule has 1 atom stereocenters. The molecule has 1 fully saturated rings. The molecule has 0 aromatic carbocycles. The second-order valence-electron chi connectivity index (χ2n) is 2.25. The Hall–Kier alpha value is -0.830. The van der Waals surface area contributed by atoms with Gasteiger partial charge in [-0.3, -0.25) is 0 Å². The number of ether oxygens (including phenoxy) is 1. The molecular weight excluding hydrogens is 116 g/mol. The largest absolute Gasteiger partial charge is 0.366 e. The molecule has 1 aromatic rings. The van der Waals surface area contributed by atoms with Gasteiger partial charge in [0.15, 0.2) is 0 Å². The number of aromatic nitrogens is 2. The van der Waals surface area contributed by atoms with Crippen molar-refractivity contribution in [3.8, 4) is 0 Å². The Morgan fingerprint density at radius 1 is 1.89 bits per heavy atom. The molecule has 3 heteroatoms. The van der Waals surface area contributed by atoms with E-state index in [2.05, 4.69) is 4.98 Å². The summed E-state index contributed by atoms with van der Waals surface area (Å²) in [5, 5.41) is 0. The van der Waals surface area contributed by atoms with Crippen LogP contribution in [0.1, 0.15) is 11.8 Å². The molecule has 1 aromatic heterocycles. The number of rotatable bonds is 1. The molecule has 1 aliphatic heterocycles. The first-order valence-electron chi connectivity index (χ1n) is 2.96. The maximum absolute atomic E-state index is 5.07. The van der Waals surface area contributed by atoms with Gasteiger partial charge in [-0.1, -0.05) is 0 Å². The van der Waals surface area contributed by atoms with Crippen LogP contribution in [0.4, 0.5) is 0 Å². The summed E-state index contributed by atoms with van der Waals surface area (Å²) in [6.07, 6.45) is 3.96. The van der Waals surface area contributed by atoms with Gasteiger partial charge in [-0.15, -0.1) is 0 Å². The molecule has 2 rings (SSSR count). The second kappa shape index (κ2) is 1.57. The second-order valence-corrected chi connectivity index (χ2v) is 2.25. The van der Waals surface area contributed by atoms with Crippen LogP contribution in [0.25, 0.3) is 0 Å². The Bertz CT molecular complexity index is 215. The van der Waals surface area contributed by atoms with E-state index in [1.807, 2.05) is 17.8 Å². The quantitative estimate of drug-likeness (QED) is 0.510. The van der Waals surface area contributed by atoms with Crippen LogP contribution in [0.2, 0.25) is 0 Å². The third-order valence-electron chi connectivity index (χ3n) is 1.52. The van der Waals surface area contributed by atoms with Crippen molar-refractivity contribution in [2.45, 2.75) is 6.10 Å². The number of hydrogen-bond acceptors (Lipinski definition) is 2. The van der Waals surface area contributed by atoms with Gasteiger partial charge in [-0.2, -0.15) is 0 Å². The summed E-state index contributed by atoms with van der Waals surface area (Å²) in [6.45, 7) is 0.861. The average Bonchev–Trinajstić information content (AvgIpc) is 2.58. The van der Waals surface area contributed by atoms with E-state index in [-0.39, 0.29) is 0 Å². The van der Waals surface area contributed by atoms with Gasteiger partial charge in [0.05, 0.1) is 24.8 Å². The molecule has 0 aliphatic carbocycles. The molecule has 9 heavy (non-hydrogen) atoms. The fourth-order valence-corrected chi connectivity index (χ4v) is 0.897. The minimum absolute atomic E-state index is 0.331. The van der Waals surface area contributed by atoms with Gasteiger partial charge < -0.3 is 9.30 Å². The third-order valence-corrected chi connectivity index (χ3v) is 1.52. The molecule has 0 amide bonds. The molecule has 1 saturated heterocycles. The third kappa shape index (κ3) is 0.733. The Morgan fingerprint density at radius 2 is 2.67 bits per heavy atom. The van der Waals surface area contributed by atoms with E-state index in [0.29, 0.717) is 6.10 Å². The van der Waals surface area contributed by atoms with E-state index in [4.69, 9.17) is 4.74 Å². The molecule has 0 radical (unpaired) electrons. The van der Waals surface area contributed by atoms with Crippen molar-refractivity contribution in [2.24, 2.45) is 7.05 Å².